The molecule has 1 aliphatic heterocycles. The number of rotatable bonds is 6. The summed E-state index contributed by atoms with van der Waals surface area (Å²) in [5, 5.41) is 15.5. The molecule has 1 fully saturated rings. The summed E-state index contributed by atoms with van der Waals surface area (Å²) in [7, 11) is 0. The summed E-state index contributed by atoms with van der Waals surface area (Å²) in [5.41, 5.74) is 1.81. The number of hydrogen-bond acceptors (Lipinski definition) is 3. The molecule has 5 nitrogen and oxygen atoms in total. The van der Waals surface area contributed by atoms with Crippen molar-refractivity contribution in [2.45, 2.75) is 20.3 Å². The molecule has 0 radical (unpaired) electrons. The number of nitrogens with zero attached hydrogens (tertiary/aromatic N) is 1. The van der Waals surface area contributed by atoms with Crippen molar-refractivity contribution in [1.29, 1.82) is 0 Å². The smallest absolute Gasteiger partial charge is 0.321 e. The number of amides is 2. The quantitative estimate of drug-likeness (QED) is 0.745. The van der Waals surface area contributed by atoms with E-state index in [1.165, 1.54) is 0 Å². The SMILES string of the molecule is CCC(C)(CO)CNc1ccc(N2CCNC2=O)cc1. The molecule has 1 aromatic carbocycles. The second-order valence-electron chi connectivity index (χ2n) is 5.61. The van der Waals surface area contributed by atoms with Crippen LogP contribution >= 0.6 is 0 Å². The lowest BCUT2D eigenvalue weighted by Crippen LogP contribution is -2.29. The molecule has 1 heterocycles. The average Bonchev–Trinajstić information content (AvgIpc) is 2.91. The van der Waals surface area contributed by atoms with E-state index in [2.05, 4.69) is 24.5 Å². The molecule has 0 aromatic heterocycles. The predicted molar refractivity (Wildman–Crippen MR) is 81.2 cm³/mol. The fourth-order valence-corrected chi connectivity index (χ4v) is 2.09. The van der Waals surface area contributed by atoms with Gasteiger partial charge in [-0.25, -0.2) is 4.79 Å². The lowest BCUT2D eigenvalue weighted by Gasteiger charge is -2.26. The fourth-order valence-electron chi connectivity index (χ4n) is 2.09. The number of carbonyl (C=O) groups is 1. The molecule has 1 unspecified atom stereocenters. The van der Waals surface area contributed by atoms with Gasteiger partial charge in [0.25, 0.3) is 0 Å². The Kier molecular flexibility index (Phi) is 4.49. The van der Waals surface area contributed by atoms with E-state index in [4.69, 9.17) is 0 Å². The molecule has 0 aliphatic carbocycles. The summed E-state index contributed by atoms with van der Waals surface area (Å²) in [6, 6.07) is 7.78. The Morgan fingerprint density at radius 2 is 2.10 bits per heavy atom. The molecular weight excluding hydrogens is 254 g/mol. The van der Waals surface area contributed by atoms with E-state index in [0.717, 1.165) is 24.3 Å². The van der Waals surface area contributed by atoms with E-state index in [0.29, 0.717) is 13.1 Å². The highest BCUT2D eigenvalue weighted by Crippen LogP contribution is 2.23. The van der Waals surface area contributed by atoms with Gasteiger partial charge in [-0.15, -0.1) is 0 Å². The Bertz CT molecular complexity index is 455. The van der Waals surface area contributed by atoms with Crippen LogP contribution in [0.2, 0.25) is 0 Å². The van der Waals surface area contributed by atoms with Crippen molar-refractivity contribution in [2.75, 3.05) is 36.5 Å². The molecule has 2 amide bonds. The lowest BCUT2D eigenvalue weighted by molar-refractivity contribution is 0.149. The minimum Gasteiger partial charge on any atom is -0.396 e. The van der Waals surface area contributed by atoms with Crippen molar-refractivity contribution in [2.24, 2.45) is 5.41 Å². The zero-order valence-corrected chi connectivity index (χ0v) is 12.1. The van der Waals surface area contributed by atoms with Gasteiger partial charge in [0.1, 0.15) is 0 Å². The first-order chi connectivity index (χ1) is 9.58. The van der Waals surface area contributed by atoms with Crippen molar-refractivity contribution in [3.05, 3.63) is 24.3 Å². The zero-order chi connectivity index (χ0) is 14.6. The first-order valence-electron chi connectivity index (χ1n) is 7.08. The van der Waals surface area contributed by atoms with Crippen LogP contribution < -0.4 is 15.5 Å². The molecule has 3 N–H and O–H groups in total. The Labute approximate surface area is 120 Å². The van der Waals surface area contributed by atoms with Gasteiger partial charge in [0.15, 0.2) is 0 Å². The number of benzene rings is 1. The first kappa shape index (κ1) is 14.7. The normalized spacial score (nSPS) is 17.8. The van der Waals surface area contributed by atoms with Crippen LogP contribution in [0.4, 0.5) is 16.2 Å². The molecule has 5 heteroatoms. The van der Waals surface area contributed by atoms with Gasteiger partial charge in [0.2, 0.25) is 0 Å². The van der Waals surface area contributed by atoms with Crippen LogP contribution in [0, 0.1) is 5.41 Å². The number of hydrogen-bond donors (Lipinski definition) is 3. The monoisotopic (exact) mass is 277 g/mol. The number of aliphatic hydroxyl groups is 1. The van der Waals surface area contributed by atoms with E-state index < -0.39 is 0 Å². The Hall–Kier alpha value is -1.75. The molecule has 1 saturated heterocycles. The van der Waals surface area contributed by atoms with Crippen molar-refractivity contribution < 1.29 is 9.90 Å². The van der Waals surface area contributed by atoms with Gasteiger partial charge in [-0.1, -0.05) is 13.8 Å². The van der Waals surface area contributed by atoms with Gasteiger partial charge < -0.3 is 15.7 Å². The third kappa shape index (κ3) is 3.22. The largest absolute Gasteiger partial charge is 0.396 e. The average molecular weight is 277 g/mol. The highest BCUT2D eigenvalue weighted by Gasteiger charge is 2.22. The molecule has 20 heavy (non-hydrogen) atoms. The highest BCUT2D eigenvalue weighted by atomic mass is 16.3. The summed E-state index contributed by atoms with van der Waals surface area (Å²) >= 11 is 0. The summed E-state index contributed by atoms with van der Waals surface area (Å²) in [4.78, 5) is 13.3. The molecule has 110 valence electrons. The summed E-state index contributed by atoms with van der Waals surface area (Å²) < 4.78 is 0. The van der Waals surface area contributed by atoms with Crippen molar-refractivity contribution in [3.63, 3.8) is 0 Å². The van der Waals surface area contributed by atoms with Crippen LogP contribution in [-0.4, -0.2) is 37.4 Å². The van der Waals surface area contributed by atoms with E-state index in [9.17, 15) is 9.90 Å². The van der Waals surface area contributed by atoms with Crippen molar-refractivity contribution >= 4 is 17.4 Å². The molecule has 1 atom stereocenters. The van der Waals surface area contributed by atoms with Crippen LogP contribution in [0.5, 0.6) is 0 Å². The van der Waals surface area contributed by atoms with Gasteiger partial charge in [0, 0.05) is 36.4 Å². The number of carbonyl (C=O) groups excluding carboxylic acids is 1. The van der Waals surface area contributed by atoms with E-state index in [1.54, 1.807) is 4.90 Å². The summed E-state index contributed by atoms with van der Waals surface area (Å²) in [6.45, 7) is 6.44. The van der Waals surface area contributed by atoms with Gasteiger partial charge in [-0.3, -0.25) is 4.90 Å². The van der Waals surface area contributed by atoms with Gasteiger partial charge in [0.05, 0.1) is 6.61 Å². The Morgan fingerprint density at radius 3 is 2.60 bits per heavy atom. The maximum Gasteiger partial charge on any atom is 0.321 e. The van der Waals surface area contributed by atoms with E-state index >= 15 is 0 Å². The number of anilines is 2. The molecule has 0 spiro atoms. The number of nitrogens with one attached hydrogen (secondary N) is 2. The standard InChI is InChI=1S/C15H23N3O2/c1-3-15(2,11-19)10-17-12-4-6-13(7-5-12)18-9-8-16-14(18)20/h4-7,17,19H,3,8-11H2,1-2H3,(H,16,20). The highest BCUT2D eigenvalue weighted by molar-refractivity contribution is 5.94. The molecule has 2 rings (SSSR count). The van der Waals surface area contributed by atoms with E-state index in [-0.39, 0.29) is 18.1 Å². The summed E-state index contributed by atoms with van der Waals surface area (Å²) in [5.74, 6) is 0. The topological polar surface area (TPSA) is 64.6 Å². The molecular formula is C15H23N3O2. The van der Waals surface area contributed by atoms with Gasteiger partial charge in [-0.05, 0) is 30.7 Å². The molecule has 1 aromatic rings. The minimum atomic E-state index is -0.104. The number of urea groups is 1. The zero-order valence-electron chi connectivity index (χ0n) is 12.1. The lowest BCUT2D eigenvalue weighted by atomic mass is 9.88. The van der Waals surface area contributed by atoms with Crippen LogP contribution in [0.3, 0.4) is 0 Å². The maximum absolute atomic E-state index is 11.6. The minimum absolute atomic E-state index is 0.0375. The van der Waals surface area contributed by atoms with Crippen LogP contribution in [0.1, 0.15) is 20.3 Å². The molecule has 1 aliphatic rings. The van der Waals surface area contributed by atoms with Gasteiger partial charge >= 0.3 is 6.03 Å². The Balaban J connectivity index is 1.96. The second-order valence-corrected chi connectivity index (χ2v) is 5.61. The Morgan fingerprint density at radius 1 is 1.40 bits per heavy atom. The van der Waals surface area contributed by atoms with E-state index in [1.807, 2.05) is 24.3 Å². The fraction of sp³-hybridized carbons (Fsp3) is 0.533. The number of aliphatic hydroxyl groups excluding tert-OH is 1. The first-order valence-corrected chi connectivity index (χ1v) is 7.08. The van der Waals surface area contributed by atoms with Crippen LogP contribution in [0.15, 0.2) is 24.3 Å². The second kappa shape index (κ2) is 6.13. The van der Waals surface area contributed by atoms with Gasteiger partial charge in [-0.2, -0.15) is 0 Å². The van der Waals surface area contributed by atoms with Crippen LogP contribution in [0.25, 0.3) is 0 Å². The third-order valence-electron chi connectivity index (χ3n) is 3.99. The predicted octanol–water partition coefficient (Wildman–Crippen LogP) is 2.04. The van der Waals surface area contributed by atoms with Crippen molar-refractivity contribution in [1.82, 2.24) is 5.32 Å². The molecule has 0 bridgehead atoms. The van der Waals surface area contributed by atoms with Crippen LogP contribution in [-0.2, 0) is 0 Å². The third-order valence-corrected chi connectivity index (χ3v) is 3.99. The summed E-state index contributed by atoms with van der Waals surface area (Å²) in [6.07, 6.45) is 0.919. The molecule has 0 saturated carbocycles. The maximum atomic E-state index is 11.6. The van der Waals surface area contributed by atoms with Crippen molar-refractivity contribution in [3.8, 4) is 0 Å².